The Morgan fingerprint density at radius 1 is 0.821 bits per heavy atom. The second-order valence-corrected chi connectivity index (χ2v) is 6.28. The Morgan fingerprint density at radius 2 is 1.39 bits per heavy atom. The summed E-state index contributed by atoms with van der Waals surface area (Å²) in [6.07, 6.45) is -0.521. The molecule has 0 saturated heterocycles. The molecule has 28 heavy (non-hydrogen) atoms. The summed E-state index contributed by atoms with van der Waals surface area (Å²) < 4.78 is 5.36. The summed E-state index contributed by atoms with van der Waals surface area (Å²) in [6.45, 7) is 0.586. The number of anilines is 1. The van der Waals surface area contributed by atoms with Crippen LogP contribution >= 0.6 is 0 Å². The zero-order valence-electron chi connectivity index (χ0n) is 15.7. The van der Waals surface area contributed by atoms with Gasteiger partial charge in [-0.15, -0.1) is 0 Å². The van der Waals surface area contributed by atoms with Crippen LogP contribution in [0, 0.1) is 0 Å². The number of carbonyl (C=O) groups is 2. The van der Waals surface area contributed by atoms with E-state index in [-0.39, 0.29) is 12.5 Å². The zero-order valence-corrected chi connectivity index (χ0v) is 15.7. The first-order chi connectivity index (χ1) is 13.6. The van der Waals surface area contributed by atoms with E-state index in [1.54, 1.807) is 31.3 Å². The average Bonchev–Trinajstić information content (AvgIpc) is 2.76. The lowest BCUT2D eigenvalue weighted by Crippen LogP contribution is -2.31. The predicted octanol–water partition coefficient (Wildman–Crippen LogP) is 4.39. The molecule has 0 saturated carbocycles. The molecule has 142 valence electrons. The third kappa shape index (κ3) is 4.98. The Kier molecular flexibility index (Phi) is 6.41. The summed E-state index contributed by atoms with van der Waals surface area (Å²) in [6, 6.07) is 26.1. The number of carbonyl (C=O) groups excluding carboxylic acids is 2. The minimum Gasteiger partial charge on any atom is -0.444 e. The van der Waals surface area contributed by atoms with Crippen LogP contribution < -0.4 is 10.2 Å². The van der Waals surface area contributed by atoms with Crippen LogP contribution in [0.2, 0.25) is 0 Å². The van der Waals surface area contributed by atoms with Crippen LogP contribution in [-0.4, -0.2) is 19.0 Å². The normalized spacial score (nSPS) is 10.2. The number of benzene rings is 3. The first-order valence-corrected chi connectivity index (χ1v) is 9.00. The van der Waals surface area contributed by atoms with Gasteiger partial charge in [-0.25, -0.2) is 4.79 Å². The van der Waals surface area contributed by atoms with E-state index in [1.807, 2.05) is 60.7 Å². The minimum atomic E-state index is -0.521. The number of hydrogen-bond donors (Lipinski definition) is 1. The largest absolute Gasteiger partial charge is 0.444 e. The smallest absolute Gasteiger partial charge is 0.414 e. The van der Waals surface area contributed by atoms with Gasteiger partial charge in [0.1, 0.15) is 6.61 Å². The maximum Gasteiger partial charge on any atom is 0.414 e. The Morgan fingerprint density at radius 3 is 2.07 bits per heavy atom. The summed E-state index contributed by atoms with van der Waals surface area (Å²) in [7, 11) is 1.59. The van der Waals surface area contributed by atoms with Gasteiger partial charge >= 0.3 is 6.09 Å². The maximum atomic E-state index is 12.7. The quantitative estimate of drug-likeness (QED) is 0.696. The van der Waals surface area contributed by atoms with E-state index in [4.69, 9.17) is 4.74 Å². The van der Waals surface area contributed by atoms with Crippen molar-refractivity contribution in [3.05, 3.63) is 102 Å². The van der Waals surface area contributed by atoms with Crippen LogP contribution in [0.5, 0.6) is 0 Å². The second kappa shape index (κ2) is 9.37. The molecule has 0 radical (unpaired) electrons. The van der Waals surface area contributed by atoms with Crippen LogP contribution in [0.4, 0.5) is 10.5 Å². The van der Waals surface area contributed by atoms with Gasteiger partial charge in [0.05, 0.1) is 11.3 Å². The Hall–Kier alpha value is -3.60. The second-order valence-electron chi connectivity index (χ2n) is 6.28. The van der Waals surface area contributed by atoms with Crippen LogP contribution in [0.15, 0.2) is 84.9 Å². The number of amides is 2. The number of rotatable bonds is 6. The minimum absolute atomic E-state index is 0.173. The van der Waals surface area contributed by atoms with Crippen molar-refractivity contribution in [2.45, 2.75) is 13.2 Å². The fourth-order valence-electron chi connectivity index (χ4n) is 2.75. The highest BCUT2D eigenvalue weighted by molar-refractivity contribution is 6.03. The fourth-order valence-corrected chi connectivity index (χ4v) is 2.75. The van der Waals surface area contributed by atoms with Crippen molar-refractivity contribution >= 4 is 17.7 Å². The van der Waals surface area contributed by atoms with Crippen LogP contribution in [0.25, 0.3) is 0 Å². The fraction of sp³-hybridized carbons (Fsp3) is 0.130. The van der Waals surface area contributed by atoms with Gasteiger partial charge < -0.3 is 10.1 Å². The standard InChI is InChI=1S/C23H22N2O3/c1-25(23(27)28-17-19-12-6-3-7-13-19)21-15-9-8-14-20(21)22(26)24-16-18-10-4-2-5-11-18/h2-15H,16-17H2,1H3,(H,24,26). The molecule has 3 rings (SSSR count). The number of ether oxygens (including phenoxy) is 1. The molecule has 0 unspecified atom stereocenters. The maximum absolute atomic E-state index is 12.7. The van der Waals surface area contributed by atoms with Crippen molar-refractivity contribution in [1.82, 2.24) is 5.32 Å². The Balaban J connectivity index is 1.66. The molecule has 0 aliphatic rings. The van der Waals surface area contributed by atoms with E-state index in [0.29, 0.717) is 17.8 Å². The van der Waals surface area contributed by atoms with Crippen molar-refractivity contribution < 1.29 is 14.3 Å². The molecule has 3 aromatic carbocycles. The van der Waals surface area contributed by atoms with Crippen LogP contribution in [-0.2, 0) is 17.9 Å². The van der Waals surface area contributed by atoms with E-state index in [1.165, 1.54) is 4.90 Å². The molecule has 2 amide bonds. The Labute approximate surface area is 164 Å². The molecule has 3 aromatic rings. The van der Waals surface area contributed by atoms with Crippen molar-refractivity contribution in [1.29, 1.82) is 0 Å². The van der Waals surface area contributed by atoms with E-state index >= 15 is 0 Å². The molecule has 1 N–H and O–H groups in total. The molecule has 5 heteroatoms. The first kappa shape index (κ1) is 19.2. The monoisotopic (exact) mass is 374 g/mol. The highest BCUT2D eigenvalue weighted by Crippen LogP contribution is 2.20. The highest BCUT2D eigenvalue weighted by atomic mass is 16.6. The number of nitrogens with one attached hydrogen (secondary N) is 1. The molecule has 0 bridgehead atoms. The lowest BCUT2D eigenvalue weighted by atomic mass is 10.1. The topological polar surface area (TPSA) is 58.6 Å². The van der Waals surface area contributed by atoms with Crippen molar-refractivity contribution in [2.75, 3.05) is 11.9 Å². The molecule has 0 heterocycles. The summed E-state index contributed by atoms with van der Waals surface area (Å²) in [5.74, 6) is -0.248. The molecule has 0 fully saturated rings. The molecular weight excluding hydrogens is 352 g/mol. The van der Waals surface area contributed by atoms with Gasteiger partial charge in [0.25, 0.3) is 5.91 Å². The van der Waals surface area contributed by atoms with Crippen LogP contribution in [0.1, 0.15) is 21.5 Å². The summed E-state index contributed by atoms with van der Waals surface area (Å²) >= 11 is 0. The van der Waals surface area contributed by atoms with Gasteiger partial charge in [0.15, 0.2) is 0 Å². The molecule has 0 spiro atoms. The molecule has 0 aliphatic heterocycles. The van der Waals surface area contributed by atoms with E-state index in [0.717, 1.165) is 11.1 Å². The van der Waals surface area contributed by atoms with Gasteiger partial charge in [-0.1, -0.05) is 72.8 Å². The van der Waals surface area contributed by atoms with Gasteiger partial charge in [0, 0.05) is 13.6 Å². The highest BCUT2D eigenvalue weighted by Gasteiger charge is 2.19. The lowest BCUT2D eigenvalue weighted by molar-refractivity contribution is 0.0951. The van der Waals surface area contributed by atoms with E-state index in [9.17, 15) is 9.59 Å². The number of nitrogens with zero attached hydrogens (tertiary/aromatic N) is 1. The summed E-state index contributed by atoms with van der Waals surface area (Å²) in [5, 5.41) is 2.89. The summed E-state index contributed by atoms with van der Waals surface area (Å²) in [4.78, 5) is 26.4. The average molecular weight is 374 g/mol. The van der Waals surface area contributed by atoms with Crippen molar-refractivity contribution in [2.24, 2.45) is 0 Å². The third-order valence-corrected chi connectivity index (χ3v) is 4.28. The van der Waals surface area contributed by atoms with Gasteiger partial charge in [0.2, 0.25) is 0 Å². The SMILES string of the molecule is CN(C(=O)OCc1ccccc1)c1ccccc1C(=O)NCc1ccccc1. The lowest BCUT2D eigenvalue weighted by Gasteiger charge is -2.20. The molecule has 0 atom stereocenters. The predicted molar refractivity (Wildman–Crippen MR) is 109 cm³/mol. The number of para-hydroxylation sites is 1. The molecule has 0 aliphatic carbocycles. The van der Waals surface area contributed by atoms with Gasteiger partial charge in [-0.2, -0.15) is 0 Å². The van der Waals surface area contributed by atoms with Crippen molar-refractivity contribution in [3.63, 3.8) is 0 Å². The van der Waals surface area contributed by atoms with Gasteiger partial charge in [-0.05, 0) is 23.3 Å². The third-order valence-electron chi connectivity index (χ3n) is 4.28. The first-order valence-electron chi connectivity index (χ1n) is 9.00. The van der Waals surface area contributed by atoms with E-state index in [2.05, 4.69) is 5.32 Å². The molecule has 0 aromatic heterocycles. The molecule has 5 nitrogen and oxygen atoms in total. The van der Waals surface area contributed by atoms with Crippen molar-refractivity contribution in [3.8, 4) is 0 Å². The van der Waals surface area contributed by atoms with Gasteiger partial charge in [-0.3, -0.25) is 9.69 Å². The van der Waals surface area contributed by atoms with Crippen LogP contribution in [0.3, 0.4) is 0 Å². The molecular formula is C23H22N2O3. The Bertz CT molecular complexity index is 927. The number of hydrogen-bond acceptors (Lipinski definition) is 3. The zero-order chi connectivity index (χ0) is 19.8. The van der Waals surface area contributed by atoms with E-state index < -0.39 is 6.09 Å². The summed E-state index contributed by atoms with van der Waals surface area (Å²) in [5.41, 5.74) is 2.81.